The highest BCUT2D eigenvalue weighted by Crippen LogP contribution is 2.28. The van der Waals surface area contributed by atoms with Crippen molar-refractivity contribution in [2.45, 2.75) is 51.6 Å². The van der Waals surface area contributed by atoms with E-state index in [9.17, 15) is 18.0 Å². The number of aryl methyl sites for hydroxylation is 2. The zero-order valence-corrected chi connectivity index (χ0v) is 23.7. The maximum atomic E-state index is 14.0. The Morgan fingerprint density at radius 2 is 1.55 bits per heavy atom. The van der Waals surface area contributed by atoms with Crippen LogP contribution in [0.3, 0.4) is 0 Å². The molecule has 3 aromatic rings. The molecule has 1 atom stereocenters. The van der Waals surface area contributed by atoms with Crippen molar-refractivity contribution in [3.8, 4) is 0 Å². The summed E-state index contributed by atoms with van der Waals surface area (Å²) in [6.45, 7) is 7.37. The fourth-order valence-electron chi connectivity index (χ4n) is 4.19. The van der Waals surface area contributed by atoms with Crippen LogP contribution < -0.4 is 9.62 Å². The third kappa shape index (κ3) is 6.94. The maximum Gasteiger partial charge on any atom is 0.264 e. The van der Waals surface area contributed by atoms with Crippen LogP contribution in [0.1, 0.15) is 37.0 Å². The number of carbonyl (C=O) groups excluding carboxylic acids is 2. The van der Waals surface area contributed by atoms with Crippen molar-refractivity contribution in [3.05, 3.63) is 94.5 Å². The molecule has 3 aromatic carbocycles. The minimum atomic E-state index is -4.10. The molecule has 0 unspecified atom stereocenters. The minimum absolute atomic E-state index is 0.0826. The first-order valence-electron chi connectivity index (χ1n) is 12.5. The van der Waals surface area contributed by atoms with Crippen molar-refractivity contribution >= 4 is 39.1 Å². The van der Waals surface area contributed by atoms with E-state index in [-0.39, 0.29) is 17.3 Å². The Morgan fingerprint density at radius 1 is 0.921 bits per heavy atom. The molecule has 0 aliphatic rings. The van der Waals surface area contributed by atoms with Crippen molar-refractivity contribution < 1.29 is 18.0 Å². The highest BCUT2D eigenvalue weighted by Gasteiger charge is 2.34. The molecule has 7 nitrogen and oxygen atoms in total. The van der Waals surface area contributed by atoms with E-state index in [0.29, 0.717) is 29.2 Å². The third-order valence-electron chi connectivity index (χ3n) is 6.28. The van der Waals surface area contributed by atoms with Crippen molar-refractivity contribution in [2.75, 3.05) is 17.4 Å². The molecule has 0 fully saturated rings. The lowest BCUT2D eigenvalue weighted by Gasteiger charge is -2.33. The van der Waals surface area contributed by atoms with Gasteiger partial charge in [0.05, 0.1) is 10.6 Å². The first kappa shape index (κ1) is 29.2. The second kappa shape index (κ2) is 12.9. The largest absolute Gasteiger partial charge is 0.355 e. The Morgan fingerprint density at radius 3 is 2.13 bits per heavy atom. The molecule has 0 aromatic heterocycles. The van der Waals surface area contributed by atoms with Crippen LogP contribution in [0, 0.1) is 13.8 Å². The molecule has 9 heteroatoms. The summed E-state index contributed by atoms with van der Waals surface area (Å²) in [5.74, 6) is -0.780. The summed E-state index contributed by atoms with van der Waals surface area (Å²) < 4.78 is 28.9. The van der Waals surface area contributed by atoms with E-state index >= 15 is 0 Å². The van der Waals surface area contributed by atoms with Crippen molar-refractivity contribution in [3.63, 3.8) is 0 Å². The van der Waals surface area contributed by atoms with E-state index in [1.807, 2.05) is 26.8 Å². The fourth-order valence-corrected chi connectivity index (χ4v) is 5.80. The molecule has 0 heterocycles. The summed E-state index contributed by atoms with van der Waals surface area (Å²) in [5.41, 5.74) is 2.80. The van der Waals surface area contributed by atoms with Crippen LogP contribution >= 0.6 is 11.6 Å². The number of anilines is 1. The van der Waals surface area contributed by atoms with Gasteiger partial charge in [-0.1, -0.05) is 66.6 Å². The van der Waals surface area contributed by atoms with E-state index in [1.54, 1.807) is 61.5 Å². The Balaban J connectivity index is 2.06. The monoisotopic (exact) mass is 555 g/mol. The van der Waals surface area contributed by atoms with Crippen molar-refractivity contribution in [1.29, 1.82) is 0 Å². The Labute approximate surface area is 230 Å². The number of carbonyl (C=O) groups is 2. The molecule has 0 aliphatic carbocycles. The average Bonchev–Trinajstić information content (AvgIpc) is 2.89. The number of nitrogens with one attached hydrogen (secondary N) is 1. The van der Waals surface area contributed by atoms with E-state index in [2.05, 4.69) is 5.32 Å². The first-order valence-corrected chi connectivity index (χ1v) is 14.4. The second-order valence-electron chi connectivity index (χ2n) is 9.08. The minimum Gasteiger partial charge on any atom is -0.355 e. The number of rotatable bonds is 11. The SMILES string of the molecule is CCNC(=O)[C@H](CC)N(Cc1ccc(Cl)cc1)C(=O)CN(c1ccccc1C)S(=O)(=O)c1ccc(C)cc1. The lowest BCUT2D eigenvalue weighted by Crippen LogP contribution is -2.52. The topological polar surface area (TPSA) is 86.8 Å². The Kier molecular flexibility index (Phi) is 9.94. The summed E-state index contributed by atoms with van der Waals surface area (Å²) in [5, 5.41) is 3.35. The number of para-hydroxylation sites is 1. The molecule has 0 aliphatic heterocycles. The van der Waals surface area contributed by atoms with Crippen LogP contribution in [0.15, 0.2) is 77.7 Å². The highest BCUT2D eigenvalue weighted by atomic mass is 35.5. The summed E-state index contributed by atoms with van der Waals surface area (Å²) in [6.07, 6.45) is 0.361. The molecule has 2 amide bonds. The van der Waals surface area contributed by atoms with Gasteiger partial charge in [-0.15, -0.1) is 0 Å². The van der Waals surface area contributed by atoms with Gasteiger partial charge in [0.2, 0.25) is 11.8 Å². The smallest absolute Gasteiger partial charge is 0.264 e. The summed E-state index contributed by atoms with van der Waals surface area (Å²) in [6, 6.07) is 19.8. The van der Waals surface area contributed by atoms with Gasteiger partial charge in [0.15, 0.2) is 0 Å². The van der Waals surface area contributed by atoms with Crippen LogP contribution in [0.25, 0.3) is 0 Å². The van der Waals surface area contributed by atoms with Crippen LogP contribution in [0.2, 0.25) is 5.02 Å². The standard InChI is InChI=1S/C29H34ClN3O4S/c1-5-26(29(35)31-6-2)32(19-23-13-15-24(30)16-14-23)28(34)20-33(27-10-8-7-9-22(27)4)38(36,37)25-17-11-21(3)12-18-25/h7-18,26H,5-6,19-20H2,1-4H3,(H,31,35)/t26-/m0/s1. The van der Waals surface area contributed by atoms with E-state index in [0.717, 1.165) is 15.4 Å². The van der Waals surface area contributed by atoms with Gasteiger partial charge in [-0.3, -0.25) is 13.9 Å². The average molecular weight is 556 g/mol. The van der Waals surface area contributed by atoms with E-state index in [4.69, 9.17) is 11.6 Å². The van der Waals surface area contributed by atoms with Gasteiger partial charge in [0.1, 0.15) is 12.6 Å². The molecular formula is C29H34ClN3O4S. The molecule has 0 saturated carbocycles. The number of nitrogens with zero attached hydrogens (tertiary/aromatic N) is 2. The number of benzene rings is 3. The summed E-state index contributed by atoms with van der Waals surface area (Å²) in [7, 11) is -4.10. The zero-order chi connectivity index (χ0) is 27.9. The van der Waals surface area contributed by atoms with Gasteiger partial charge < -0.3 is 10.2 Å². The van der Waals surface area contributed by atoms with Crippen molar-refractivity contribution in [2.24, 2.45) is 0 Å². The number of sulfonamides is 1. The number of hydrogen-bond donors (Lipinski definition) is 1. The first-order chi connectivity index (χ1) is 18.1. The molecule has 38 heavy (non-hydrogen) atoms. The van der Waals surface area contributed by atoms with Crippen LogP contribution in [-0.2, 0) is 26.2 Å². The quantitative estimate of drug-likeness (QED) is 0.357. The molecular weight excluding hydrogens is 522 g/mol. The summed E-state index contributed by atoms with van der Waals surface area (Å²) >= 11 is 6.04. The Bertz CT molecular complexity index is 1360. The maximum absolute atomic E-state index is 14.0. The molecule has 0 radical (unpaired) electrons. The number of likely N-dealkylation sites (N-methyl/N-ethyl adjacent to an activating group) is 1. The number of halogens is 1. The third-order valence-corrected chi connectivity index (χ3v) is 8.30. The fraction of sp³-hybridized carbons (Fsp3) is 0.310. The van der Waals surface area contributed by atoms with Gasteiger partial charge in [0.25, 0.3) is 10.0 Å². The number of amides is 2. The van der Waals surface area contributed by atoms with Crippen molar-refractivity contribution in [1.82, 2.24) is 10.2 Å². The normalized spacial score (nSPS) is 12.0. The zero-order valence-electron chi connectivity index (χ0n) is 22.1. The lowest BCUT2D eigenvalue weighted by molar-refractivity contribution is -0.140. The second-order valence-corrected chi connectivity index (χ2v) is 11.4. The van der Waals surface area contributed by atoms with Gasteiger partial charge in [-0.05, 0) is 68.7 Å². The van der Waals surface area contributed by atoms with Gasteiger partial charge >= 0.3 is 0 Å². The molecule has 3 rings (SSSR count). The predicted molar refractivity (Wildman–Crippen MR) is 152 cm³/mol. The summed E-state index contributed by atoms with van der Waals surface area (Å²) in [4.78, 5) is 28.5. The van der Waals surface area contributed by atoms with Crippen LogP contribution in [0.4, 0.5) is 5.69 Å². The molecule has 0 saturated heterocycles. The van der Waals surface area contributed by atoms with Gasteiger partial charge in [-0.2, -0.15) is 0 Å². The van der Waals surface area contributed by atoms with Crippen LogP contribution in [0.5, 0.6) is 0 Å². The molecule has 0 spiro atoms. The lowest BCUT2D eigenvalue weighted by atomic mass is 10.1. The Hall–Kier alpha value is -3.36. The van der Waals surface area contributed by atoms with Gasteiger partial charge in [0, 0.05) is 18.1 Å². The van der Waals surface area contributed by atoms with Crippen LogP contribution in [-0.4, -0.2) is 44.3 Å². The van der Waals surface area contributed by atoms with E-state index < -0.39 is 28.5 Å². The highest BCUT2D eigenvalue weighted by molar-refractivity contribution is 7.92. The predicted octanol–water partition coefficient (Wildman–Crippen LogP) is 5.10. The van der Waals surface area contributed by atoms with Gasteiger partial charge in [-0.25, -0.2) is 8.42 Å². The molecule has 1 N–H and O–H groups in total. The van der Waals surface area contributed by atoms with E-state index in [1.165, 1.54) is 17.0 Å². The number of hydrogen-bond acceptors (Lipinski definition) is 4. The molecule has 0 bridgehead atoms. The molecule has 202 valence electrons.